The summed E-state index contributed by atoms with van der Waals surface area (Å²) in [5.41, 5.74) is 6.77. The molecule has 0 unspecified atom stereocenters. The van der Waals surface area contributed by atoms with Gasteiger partial charge >= 0.3 is 0 Å². The first kappa shape index (κ1) is 19.8. The van der Waals surface area contributed by atoms with Gasteiger partial charge in [0.05, 0.1) is 15.6 Å². The number of halogens is 2. The summed E-state index contributed by atoms with van der Waals surface area (Å²) in [6, 6.07) is 15.9. The third-order valence-corrected chi connectivity index (χ3v) is 6.08. The van der Waals surface area contributed by atoms with Crippen LogP contribution in [0.3, 0.4) is 0 Å². The highest BCUT2D eigenvalue weighted by atomic mass is 35.5. The van der Waals surface area contributed by atoms with Crippen LogP contribution in [0.1, 0.15) is 28.1 Å². The first-order valence-electron chi connectivity index (χ1n) is 9.50. The number of aryl methyl sites for hydroxylation is 2. The van der Waals surface area contributed by atoms with Gasteiger partial charge in [-0.15, -0.1) is 0 Å². The van der Waals surface area contributed by atoms with Crippen molar-refractivity contribution in [1.29, 1.82) is 0 Å². The number of hydrogen-bond acceptors (Lipinski definition) is 2. The van der Waals surface area contributed by atoms with Crippen molar-refractivity contribution in [2.45, 2.75) is 33.9 Å². The summed E-state index contributed by atoms with van der Waals surface area (Å²) in [6.07, 6.45) is 1.85. The molecule has 3 nitrogen and oxygen atoms in total. The van der Waals surface area contributed by atoms with E-state index in [1.165, 1.54) is 22.2 Å². The minimum absolute atomic E-state index is 0.407. The van der Waals surface area contributed by atoms with Gasteiger partial charge in [-0.1, -0.05) is 47.0 Å². The summed E-state index contributed by atoms with van der Waals surface area (Å²) in [4.78, 5) is 4.63. The van der Waals surface area contributed by atoms with Gasteiger partial charge in [-0.2, -0.15) is 0 Å². The van der Waals surface area contributed by atoms with Crippen LogP contribution in [0.2, 0.25) is 10.0 Å². The zero-order valence-electron chi connectivity index (χ0n) is 16.7. The Hall–Kier alpha value is -2.49. The van der Waals surface area contributed by atoms with E-state index < -0.39 is 0 Å². The summed E-state index contributed by atoms with van der Waals surface area (Å²) < 4.78 is 8.31. The fourth-order valence-corrected chi connectivity index (χ4v) is 3.90. The van der Waals surface area contributed by atoms with E-state index >= 15 is 0 Å². The van der Waals surface area contributed by atoms with Crippen LogP contribution in [0.4, 0.5) is 0 Å². The van der Waals surface area contributed by atoms with Crippen molar-refractivity contribution >= 4 is 34.1 Å². The SMILES string of the molecule is Cc1ccc(OCc2nccc3c(C)c(C)n(Cc4ccc(Cl)c(Cl)c4)c23)cc1. The lowest BCUT2D eigenvalue weighted by atomic mass is 10.1. The van der Waals surface area contributed by atoms with Gasteiger partial charge in [0.2, 0.25) is 0 Å². The van der Waals surface area contributed by atoms with E-state index in [-0.39, 0.29) is 0 Å². The van der Waals surface area contributed by atoms with Gasteiger partial charge in [-0.05, 0) is 62.2 Å². The number of rotatable bonds is 5. The highest BCUT2D eigenvalue weighted by Gasteiger charge is 2.16. The van der Waals surface area contributed by atoms with Gasteiger partial charge in [0.15, 0.2) is 0 Å². The number of fused-ring (bicyclic) bond motifs is 1. The van der Waals surface area contributed by atoms with Crippen LogP contribution in [-0.4, -0.2) is 9.55 Å². The van der Waals surface area contributed by atoms with Crippen LogP contribution in [0.15, 0.2) is 54.7 Å². The van der Waals surface area contributed by atoms with E-state index in [4.69, 9.17) is 27.9 Å². The zero-order chi connectivity index (χ0) is 20.5. The average molecular weight is 425 g/mol. The molecular weight excluding hydrogens is 403 g/mol. The minimum Gasteiger partial charge on any atom is -0.487 e. The smallest absolute Gasteiger partial charge is 0.132 e. The lowest BCUT2D eigenvalue weighted by molar-refractivity contribution is 0.302. The first-order valence-corrected chi connectivity index (χ1v) is 10.3. The standard InChI is InChI=1S/C24H22Cl2N2O/c1-15-4-7-19(8-5-15)29-14-23-24-20(10-11-27-23)16(2)17(3)28(24)13-18-6-9-21(25)22(26)12-18/h4-12H,13-14H2,1-3H3. The summed E-state index contributed by atoms with van der Waals surface area (Å²) in [7, 11) is 0. The third-order valence-electron chi connectivity index (χ3n) is 5.34. The highest BCUT2D eigenvalue weighted by Crippen LogP contribution is 2.30. The molecule has 0 saturated heterocycles. The predicted molar refractivity (Wildman–Crippen MR) is 120 cm³/mol. The Labute approximate surface area is 180 Å². The van der Waals surface area contributed by atoms with Crippen molar-refractivity contribution in [2.24, 2.45) is 0 Å². The zero-order valence-corrected chi connectivity index (χ0v) is 18.2. The lowest BCUT2D eigenvalue weighted by Gasteiger charge is -2.13. The van der Waals surface area contributed by atoms with E-state index in [1.807, 2.05) is 48.7 Å². The molecule has 0 fully saturated rings. The Morgan fingerprint density at radius 3 is 2.41 bits per heavy atom. The van der Waals surface area contributed by atoms with E-state index in [2.05, 4.69) is 36.4 Å². The Morgan fingerprint density at radius 1 is 0.931 bits per heavy atom. The van der Waals surface area contributed by atoms with Crippen molar-refractivity contribution in [3.63, 3.8) is 0 Å². The predicted octanol–water partition coefficient (Wildman–Crippen LogP) is 6.90. The molecule has 0 bridgehead atoms. The number of aromatic nitrogens is 2. The molecule has 5 heteroatoms. The van der Waals surface area contributed by atoms with Crippen LogP contribution in [0.5, 0.6) is 5.75 Å². The molecule has 148 valence electrons. The second-order valence-corrected chi connectivity index (χ2v) is 8.11. The normalized spacial score (nSPS) is 11.2. The van der Waals surface area contributed by atoms with Crippen molar-refractivity contribution < 1.29 is 4.74 Å². The van der Waals surface area contributed by atoms with E-state index in [0.29, 0.717) is 23.2 Å². The molecule has 0 spiro atoms. The quantitative estimate of drug-likeness (QED) is 0.348. The molecule has 0 saturated carbocycles. The van der Waals surface area contributed by atoms with Crippen molar-refractivity contribution in [3.05, 3.63) is 92.9 Å². The highest BCUT2D eigenvalue weighted by molar-refractivity contribution is 6.42. The summed E-state index contributed by atoms with van der Waals surface area (Å²) >= 11 is 12.3. The van der Waals surface area contributed by atoms with E-state index in [0.717, 1.165) is 22.5 Å². The summed E-state index contributed by atoms with van der Waals surface area (Å²) in [6.45, 7) is 7.44. The molecule has 29 heavy (non-hydrogen) atoms. The Morgan fingerprint density at radius 2 is 1.69 bits per heavy atom. The fourth-order valence-electron chi connectivity index (χ4n) is 3.58. The summed E-state index contributed by atoms with van der Waals surface area (Å²) in [5.74, 6) is 0.838. The molecule has 0 aliphatic carbocycles. The number of ether oxygens (including phenoxy) is 1. The maximum atomic E-state index is 6.23. The van der Waals surface area contributed by atoms with E-state index in [9.17, 15) is 0 Å². The van der Waals surface area contributed by atoms with E-state index in [1.54, 1.807) is 0 Å². The van der Waals surface area contributed by atoms with Gasteiger partial charge in [-0.25, -0.2) is 0 Å². The number of pyridine rings is 1. The van der Waals surface area contributed by atoms with Crippen LogP contribution in [-0.2, 0) is 13.2 Å². The maximum Gasteiger partial charge on any atom is 0.132 e. The van der Waals surface area contributed by atoms with Gasteiger partial charge in [-0.3, -0.25) is 4.98 Å². The van der Waals surface area contributed by atoms with Gasteiger partial charge in [0.25, 0.3) is 0 Å². The molecular formula is C24H22Cl2N2O. The first-order chi connectivity index (χ1) is 13.9. The van der Waals surface area contributed by atoms with Crippen LogP contribution >= 0.6 is 23.2 Å². The van der Waals surface area contributed by atoms with Gasteiger partial charge < -0.3 is 9.30 Å². The topological polar surface area (TPSA) is 27.1 Å². The van der Waals surface area contributed by atoms with Crippen LogP contribution < -0.4 is 4.74 Å². The lowest BCUT2D eigenvalue weighted by Crippen LogP contribution is -2.06. The number of hydrogen-bond donors (Lipinski definition) is 0. The second kappa shape index (κ2) is 8.10. The van der Waals surface area contributed by atoms with Crippen molar-refractivity contribution in [2.75, 3.05) is 0 Å². The van der Waals surface area contributed by atoms with Crippen molar-refractivity contribution in [1.82, 2.24) is 9.55 Å². The molecule has 4 rings (SSSR count). The number of nitrogens with zero attached hydrogens (tertiary/aromatic N) is 2. The molecule has 0 radical (unpaired) electrons. The monoisotopic (exact) mass is 424 g/mol. The van der Waals surface area contributed by atoms with Gasteiger partial charge in [0, 0.05) is 23.8 Å². The Bertz CT molecular complexity index is 1180. The Balaban J connectivity index is 1.72. The minimum atomic E-state index is 0.407. The van der Waals surface area contributed by atoms with Crippen LogP contribution in [0.25, 0.3) is 10.9 Å². The molecule has 0 N–H and O–H groups in total. The second-order valence-electron chi connectivity index (χ2n) is 7.30. The Kier molecular flexibility index (Phi) is 5.53. The number of benzene rings is 2. The average Bonchev–Trinajstić information content (AvgIpc) is 2.96. The maximum absolute atomic E-state index is 6.23. The largest absolute Gasteiger partial charge is 0.487 e. The molecule has 2 aromatic heterocycles. The molecule has 0 atom stereocenters. The molecule has 0 aliphatic rings. The molecule has 2 aromatic carbocycles. The van der Waals surface area contributed by atoms with Gasteiger partial charge in [0.1, 0.15) is 18.1 Å². The molecule has 0 amide bonds. The fraction of sp³-hybridized carbons (Fsp3) is 0.208. The molecule has 0 aliphatic heterocycles. The third kappa shape index (κ3) is 3.98. The molecule has 2 heterocycles. The van der Waals surface area contributed by atoms with Crippen LogP contribution in [0, 0.1) is 20.8 Å². The molecule has 4 aromatic rings. The summed E-state index contributed by atoms with van der Waals surface area (Å²) in [5, 5.41) is 2.32. The van der Waals surface area contributed by atoms with Crippen molar-refractivity contribution in [3.8, 4) is 5.75 Å².